The number of aliphatic hydroxyl groups excluding tert-OH is 1. The Kier molecular flexibility index (Phi) is 3.49. The van der Waals surface area contributed by atoms with Gasteiger partial charge in [0.15, 0.2) is 0 Å². The molecule has 0 spiro atoms. The smallest absolute Gasteiger partial charge is 0.0682 e. The van der Waals surface area contributed by atoms with E-state index >= 15 is 0 Å². The molecule has 0 amide bonds. The summed E-state index contributed by atoms with van der Waals surface area (Å²) in [7, 11) is 0. The Morgan fingerprint density at radius 1 is 1.20 bits per heavy atom. The van der Waals surface area contributed by atoms with Crippen LogP contribution in [-0.2, 0) is 18.4 Å². The molecule has 0 atom stereocenters. The molecule has 0 saturated heterocycles. The third-order valence-electron chi connectivity index (χ3n) is 2.38. The first-order valence-electron chi connectivity index (χ1n) is 5.08. The fourth-order valence-corrected chi connectivity index (χ4v) is 1.48. The first kappa shape index (κ1) is 11.7. The minimum absolute atomic E-state index is 0.0301. The van der Waals surface area contributed by atoms with E-state index in [0.29, 0.717) is 6.42 Å². The zero-order chi connectivity index (χ0) is 11.5. The molecule has 0 aliphatic carbocycles. The highest BCUT2D eigenvalue weighted by Gasteiger charge is 2.14. The second-order valence-corrected chi connectivity index (χ2v) is 4.78. The first-order valence-corrected chi connectivity index (χ1v) is 5.08. The SMILES string of the molecule is CC(C)(C)c1cc(CO)cc(CC#N)c1. The van der Waals surface area contributed by atoms with Crippen molar-refractivity contribution in [2.24, 2.45) is 0 Å². The fraction of sp³-hybridized carbons (Fsp3) is 0.462. The van der Waals surface area contributed by atoms with Gasteiger partial charge >= 0.3 is 0 Å². The number of aliphatic hydroxyl groups is 1. The van der Waals surface area contributed by atoms with Crippen LogP contribution in [0.4, 0.5) is 0 Å². The maximum atomic E-state index is 9.14. The van der Waals surface area contributed by atoms with E-state index < -0.39 is 0 Å². The van der Waals surface area contributed by atoms with Crippen LogP contribution in [0, 0.1) is 11.3 Å². The maximum absolute atomic E-state index is 9.14. The van der Waals surface area contributed by atoms with Crippen molar-refractivity contribution < 1.29 is 5.11 Å². The molecule has 0 heterocycles. The van der Waals surface area contributed by atoms with Crippen LogP contribution >= 0.6 is 0 Å². The van der Waals surface area contributed by atoms with Crippen molar-refractivity contribution in [1.29, 1.82) is 5.26 Å². The average Bonchev–Trinajstić information content (AvgIpc) is 2.16. The van der Waals surface area contributed by atoms with Gasteiger partial charge < -0.3 is 5.11 Å². The monoisotopic (exact) mass is 203 g/mol. The molecule has 0 saturated carbocycles. The van der Waals surface area contributed by atoms with E-state index in [9.17, 15) is 0 Å². The average molecular weight is 203 g/mol. The van der Waals surface area contributed by atoms with Crippen molar-refractivity contribution in [2.75, 3.05) is 0 Å². The number of nitriles is 1. The zero-order valence-corrected chi connectivity index (χ0v) is 9.54. The minimum atomic E-state index is 0.0301. The number of benzene rings is 1. The van der Waals surface area contributed by atoms with Gasteiger partial charge in [0.2, 0.25) is 0 Å². The Morgan fingerprint density at radius 2 is 1.80 bits per heavy atom. The van der Waals surface area contributed by atoms with Crippen molar-refractivity contribution in [3.05, 3.63) is 34.9 Å². The minimum Gasteiger partial charge on any atom is -0.392 e. The predicted octanol–water partition coefficient (Wildman–Crippen LogP) is 2.54. The van der Waals surface area contributed by atoms with Gasteiger partial charge in [-0.15, -0.1) is 0 Å². The molecule has 1 aromatic rings. The Bertz CT molecular complexity index is 383. The van der Waals surface area contributed by atoms with E-state index in [4.69, 9.17) is 10.4 Å². The topological polar surface area (TPSA) is 44.0 Å². The van der Waals surface area contributed by atoms with Crippen LogP contribution in [0.2, 0.25) is 0 Å². The lowest BCUT2D eigenvalue weighted by molar-refractivity contribution is 0.281. The molecular formula is C13H17NO. The highest BCUT2D eigenvalue weighted by atomic mass is 16.3. The van der Waals surface area contributed by atoms with Crippen LogP contribution < -0.4 is 0 Å². The van der Waals surface area contributed by atoms with Crippen molar-refractivity contribution in [2.45, 2.75) is 39.2 Å². The van der Waals surface area contributed by atoms with E-state index in [0.717, 1.165) is 11.1 Å². The van der Waals surface area contributed by atoms with Gasteiger partial charge in [0.1, 0.15) is 0 Å². The van der Waals surface area contributed by atoms with Crippen LogP contribution in [-0.4, -0.2) is 5.11 Å². The van der Waals surface area contributed by atoms with E-state index in [-0.39, 0.29) is 12.0 Å². The van der Waals surface area contributed by atoms with Crippen molar-refractivity contribution in [1.82, 2.24) is 0 Å². The molecule has 2 nitrogen and oxygen atoms in total. The zero-order valence-electron chi connectivity index (χ0n) is 9.54. The first-order chi connectivity index (χ1) is 6.97. The van der Waals surface area contributed by atoms with Gasteiger partial charge in [-0.05, 0) is 22.1 Å². The third kappa shape index (κ3) is 3.07. The second kappa shape index (κ2) is 4.46. The summed E-state index contributed by atoms with van der Waals surface area (Å²) in [5.74, 6) is 0. The molecule has 80 valence electrons. The summed E-state index contributed by atoms with van der Waals surface area (Å²) in [5.41, 5.74) is 3.08. The highest BCUT2D eigenvalue weighted by molar-refractivity contribution is 5.35. The summed E-state index contributed by atoms with van der Waals surface area (Å²) >= 11 is 0. The van der Waals surface area contributed by atoms with E-state index in [1.165, 1.54) is 5.56 Å². The van der Waals surface area contributed by atoms with Crippen LogP contribution in [0.5, 0.6) is 0 Å². The van der Waals surface area contributed by atoms with Gasteiger partial charge in [0.05, 0.1) is 19.1 Å². The fourth-order valence-electron chi connectivity index (χ4n) is 1.48. The molecule has 0 aliphatic heterocycles. The Hall–Kier alpha value is -1.33. The standard InChI is InChI=1S/C13H17NO/c1-13(2,3)12-7-10(4-5-14)6-11(8-12)9-15/h6-8,15H,4,9H2,1-3H3. The van der Waals surface area contributed by atoms with E-state index in [1.54, 1.807) is 0 Å². The van der Waals surface area contributed by atoms with Gasteiger partial charge in [-0.2, -0.15) is 5.26 Å². The van der Waals surface area contributed by atoms with Gasteiger partial charge in [0.25, 0.3) is 0 Å². The normalized spacial score (nSPS) is 11.1. The van der Waals surface area contributed by atoms with Gasteiger partial charge in [0, 0.05) is 0 Å². The van der Waals surface area contributed by atoms with Crippen molar-refractivity contribution >= 4 is 0 Å². The highest BCUT2D eigenvalue weighted by Crippen LogP contribution is 2.24. The molecule has 1 aromatic carbocycles. The summed E-state index contributed by atoms with van der Waals surface area (Å²) < 4.78 is 0. The van der Waals surface area contributed by atoms with E-state index in [1.807, 2.05) is 18.2 Å². The lowest BCUT2D eigenvalue weighted by atomic mass is 9.85. The molecule has 0 aliphatic rings. The number of rotatable bonds is 2. The second-order valence-electron chi connectivity index (χ2n) is 4.78. The predicted molar refractivity (Wildman–Crippen MR) is 60.4 cm³/mol. The number of nitrogens with zero attached hydrogens (tertiary/aromatic N) is 1. The van der Waals surface area contributed by atoms with Gasteiger partial charge in [-0.1, -0.05) is 39.0 Å². The van der Waals surface area contributed by atoms with Crippen LogP contribution in [0.25, 0.3) is 0 Å². The largest absolute Gasteiger partial charge is 0.392 e. The Morgan fingerprint density at radius 3 is 2.27 bits per heavy atom. The molecule has 15 heavy (non-hydrogen) atoms. The molecular weight excluding hydrogens is 186 g/mol. The van der Waals surface area contributed by atoms with Crippen molar-refractivity contribution in [3.63, 3.8) is 0 Å². The summed E-state index contributed by atoms with van der Waals surface area (Å²) in [5, 5.41) is 17.8. The van der Waals surface area contributed by atoms with Gasteiger partial charge in [-0.3, -0.25) is 0 Å². The number of hydrogen-bond acceptors (Lipinski definition) is 2. The summed E-state index contributed by atoms with van der Waals surface area (Å²) in [6, 6.07) is 8.06. The summed E-state index contributed by atoms with van der Waals surface area (Å²) in [6.07, 6.45) is 0.400. The Balaban J connectivity index is 3.18. The van der Waals surface area contributed by atoms with E-state index in [2.05, 4.69) is 26.8 Å². The molecule has 0 radical (unpaired) electrons. The van der Waals surface area contributed by atoms with Crippen molar-refractivity contribution in [3.8, 4) is 6.07 Å². The molecule has 0 fully saturated rings. The lowest BCUT2D eigenvalue weighted by Gasteiger charge is -2.20. The molecule has 0 aromatic heterocycles. The van der Waals surface area contributed by atoms with Crippen LogP contribution in [0.15, 0.2) is 18.2 Å². The van der Waals surface area contributed by atoms with Gasteiger partial charge in [-0.25, -0.2) is 0 Å². The summed E-state index contributed by atoms with van der Waals surface area (Å²) in [6.45, 7) is 6.40. The molecule has 1 rings (SSSR count). The number of hydrogen-bond donors (Lipinski definition) is 1. The van der Waals surface area contributed by atoms with Crippen LogP contribution in [0.3, 0.4) is 0 Å². The molecule has 2 heteroatoms. The molecule has 1 N–H and O–H groups in total. The third-order valence-corrected chi connectivity index (χ3v) is 2.38. The molecule has 0 bridgehead atoms. The Labute approximate surface area is 91.2 Å². The lowest BCUT2D eigenvalue weighted by Crippen LogP contribution is -2.12. The maximum Gasteiger partial charge on any atom is 0.0682 e. The molecule has 0 unspecified atom stereocenters. The van der Waals surface area contributed by atoms with Crippen LogP contribution in [0.1, 0.15) is 37.5 Å². The quantitative estimate of drug-likeness (QED) is 0.802. The summed E-state index contributed by atoms with van der Waals surface area (Å²) in [4.78, 5) is 0.